The molecule has 78 valence electrons. The van der Waals surface area contributed by atoms with Crippen LogP contribution in [0.3, 0.4) is 0 Å². The van der Waals surface area contributed by atoms with Crippen molar-refractivity contribution in [2.45, 2.75) is 47.0 Å². The van der Waals surface area contributed by atoms with Crippen LogP contribution < -0.4 is 0 Å². The molecule has 1 nitrogen and oxygen atoms in total. The van der Waals surface area contributed by atoms with Crippen LogP contribution in [0.4, 0.5) is 0 Å². The van der Waals surface area contributed by atoms with Gasteiger partial charge in [-0.25, -0.2) is 0 Å². The van der Waals surface area contributed by atoms with Crippen molar-refractivity contribution < 1.29 is 4.55 Å². The van der Waals surface area contributed by atoms with Gasteiger partial charge in [0.25, 0.3) is 0 Å². The largest absolute Gasteiger partial charge is 0.616 e. The van der Waals surface area contributed by atoms with Gasteiger partial charge in [-0.1, -0.05) is 38.9 Å². The Kier molecular flexibility index (Phi) is 3.34. The van der Waals surface area contributed by atoms with Crippen molar-refractivity contribution in [1.82, 2.24) is 0 Å². The Morgan fingerprint density at radius 2 is 1.31 bits per heavy atom. The second-order valence-electron chi connectivity index (χ2n) is 5.85. The van der Waals surface area contributed by atoms with Gasteiger partial charge in [0, 0.05) is 0 Å². The van der Waals surface area contributed by atoms with E-state index in [0.717, 1.165) is 24.3 Å². The van der Waals surface area contributed by atoms with Crippen molar-refractivity contribution in [3.8, 4) is 0 Å². The minimum Gasteiger partial charge on any atom is -0.616 e. The normalized spacial score (nSPS) is 29.3. The van der Waals surface area contributed by atoms with Crippen LogP contribution in [0.1, 0.15) is 47.0 Å². The molecule has 0 amide bonds. The molecule has 1 aliphatic heterocycles. The van der Waals surface area contributed by atoms with Crippen LogP contribution in [0.25, 0.3) is 0 Å². The summed E-state index contributed by atoms with van der Waals surface area (Å²) < 4.78 is 11.5. The third-order valence-corrected chi connectivity index (χ3v) is 4.29. The second kappa shape index (κ2) is 3.82. The first-order chi connectivity index (χ1) is 5.81. The molecular weight excluding hydrogens is 180 g/mol. The Morgan fingerprint density at radius 1 is 0.923 bits per heavy atom. The van der Waals surface area contributed by atoms with Gasteiger partial charge in [-0.05, 0) is 30.1 Å². The maximum atomic E-state index is 11.5. The van der Waals surface area contributed by atoms with Crippen LogP contribution in [0.5, 0.6) is 0 Å². The molecular formula is C11H22OS. The highest BCUT2D eigenvalue weighted by Crippen LogP contribution is 2.40. The van der Waals surface area contributed by atoms with Gasteiger partial charge in [0.05, 0.1) is 0 Å². The summed E-state index contributed by atoms with van der Waals surface area (Å²) in [6.07, 6.45) is 3.49. The van der Waals surface area contributed by atoms with Crippen LogP contribution in [0.2, 0.25) is 0 Å². The average Bonchev–Trinajstić information content (AvgIpc) is 1.94. The van der Waals surface area contributed by atoms with Gasteiger partial charge in [-0.15, -0.1) is 0 Å². The molecule has 1 aliphatic rings. The Bertz CT molecular complexity index is 157. The van der Waals surface area contributed by atoms with Gasteiger partial charge in [-0.2, -0.15) is 0 Å². The monoisotopic (exact) mass is 202 g/mol. The molecule has 1 fully saturated rings. The van der Waals surface area contributed by atoms with E-state index < -0.39 is 11.2 Å². The minimum absolute atomic E-state index is 0.375. The lowest BCUT2D eigenvalue weighted by molar-refractivity contribution is 0.180. The van der Waals surface area contributed by atoms with Crippen LogP contribution in [-0.4, -0.2) is 16.1 Å². The Labute approximate surface area is 85.5 Å². The molecule has 0 spiro atoms. The Hall–Kier alpha value is 0.310. The van der Waals surface area contributed by atoms with Crippen LogP contribution in [-0.2, 0) is 11.2 Å². The van der Waals surface area contributed by atoms with E-state index in [0.29, 0.717) is 10.8 Å². The fraction of sp³-hybridized carbons (Fsp3) is 1.00. The predicted octanol–water partition coefficient (Wildman–Crippen LogP) is 2.97. The minimum atomic E-state index is -0.562. The SMILES string of the molecule is CC1(C)CC[S+]([O-])CCC(C)(C)C1. The van der Waals surface area contributed by atoms with E-state index >= 15 is 0 Å². The maximum Gasteiger partial charge on any atom is 0.106 e. The summed E-state index contributed by atoms with van der Waals surface area (Å²) in [5.41, 5.74) is 0.749. The molecule has 13 heavy (non-hydrogen) atoms. The zero-order valence-electron chi connectivity index (χ0n) is 9.35. The molecule has 1 heterocycles. The molecule has 0 N–H and O–H groups in total. The third kappa shape index (κ3) is 3.90. The summed E-state index contributed by atoms with van der Waals surface area (Å²) >= 11 is -0.562. The summed E-state index contributed by atoms with van der Waals surface area (Å²) in [5.74, 6) is 1.81. The highest BCUT2D eigenvalue weighted by Gasteiger charge is 2.33. The molecule has 1 rings (SSSR count). The lowest BCUT2D eigenvalue weighted by atomic mass is 9.72. The molecule has 0 aromatic rings. The van der Waals surface area contributed by atoms with Crippen LogP contribution >= 0.6 is 0 Å². The van der Waals surface area contributed by atoms with E-state index in [1.165, 1.54) is 6.42 Å². The van der Waals surface area contributed by atoms with Gasteiger partial charge in [-0.3, -0.25) is 0 Å². The first-order valence-electron chi connectivity index (χ1n) is 5.16. The zero-order valence-corrected chi connectivity index (χ0v) is 10.2. The molecule has 0 aromatic heterocycles. The van der Waals surface area contributed by atoms with Crippen LogP contribution in [0, 0.1) is 10.8 Å². The van der Waals surface area contributed by atoms with Crippen molar-refractivity contribution in [3.05, 3.63) is 0 Å². The van der Waals surface area contributed by atoms with Crippen molar-refractivity contribution in [2.75, 3.05) is 11.5 Å². The van der Waals surface area contributed by atoms with E-state index in [9.17, 15) is 4.55 Å². The first kappa shape index (κ1) is 11.4. The Morgan fingerprint density at radius 3 is 1.69 bits per heavy atom. The van der Waals surface area contributed by atoms with Gasteiger partial charge in [0.15, 0.2) is 0 Å². The van der Waals surface area contributed by atoms with E-state index in [4.69, 9.17) is 0 Å². The van der Waals surface area contributed by atoms with E-state index in [-0.39, 0.29) is 0 Å². The second-order valence-corrected chi connectivity index (χ2v) is 7.55. The highest BCUT2D eigenvalue weighted by molar-refractivity contribution is 7.91. The third-order valence-electron chi connectivity index (χ3n) is 2.97. The zero-order chi connectivity index (χ0) is 10.1. The number of hydrogen-bond donors (Lipinski definition) is 0. The molecule has 2 heteroatoms. The summed E-state index contributed by atoms with van der Waals surface area (Å²) in [6, 6.07) is 0. The highest BCUT2D eigenvalue weighted by atomic mass is 32.2. The molecule has 0 saturated carbocycles. The summed E-state index contributed by atoms with van der Waals surface area (Å²) in [7, 11) is 0. The average molecular weight is 202 g/mol. The van der Waals surface area contributed by atoms with Crippen molar-refractivity contribution >= 4 is 11.2 Å². The van der Waals surface area contributed by atoms with Gasteiger partial charge >= 0.3 is 0 Å². The predicted molar refractivity (Wildman–Crippen MR) is 59.3 cm³/mol. The fourth-order valence-electron chi connectivity index (χ4n) is 2.35. The topological polar surface area (TPSA) is 23.1 Å². The Balaban J connectivity index is 2.64. The van der Waals surface area contributed by atoms with Gasteiger partial charge in [0.2, 0.25) is 0 Å². The van der Waals surface area contributed by atoms with Gasteiger partial charge in [0.1, 0.15) is 11.5 Å². The number of rotatable bonds is 0. The van der Waals surface area contributed by atoms with Crippen LogP contribution in [0.15, 0.2) is 0 Å². The quantitative estimate of drug-likeness (QED) is 0.554. The molecule has 0 atom stereocenters. The summed E-state index contributed by atoms with van der Waals surface area (Å²) in [4.78, 5) is 0. The van der Waals surface area contributed by atoms with E-state index in [1.54, 1.807) is 0 Å². The van der Waals surface area contributed by atoms with Gasteiger partial charge < -0.3 is 4.55 Å². The van der Waals surface area contributed by atoms with Crippen molar-refractivity contribution in [2.24, 2.45) is 10.8 Å². The number of hydrogen-bond acceptors (Lipinski definition) is 1. The molecule has 0 aromatic carbocycles. The lowest BCUT2D eigenvalue weighted by Crippen LogP contribution is -2.31. The van der Waals surface area contributed by atoms with Crippen molar-refractivity contribution in [3.63, 3.8) is 0 Å². The molecule has 0 unspecified atom stereocenters. The molecule has 1 saturated heterocycles. The molecule has 0 aliphatic carbocycles. The summed E-state index contributed by atoms with van der Waals surface area (Å²) in [5, 5.41) is 0. The standard InChI is InChI=1S/C11H22OS/c1-10(2)5-7-13(12)8-6-11(3,4)9-10/h5-9H2,1-4H3. The van der Waals surface area contributed by atoms with E-state index in [1.807, 2.05) is 0 Å². The fourth-order valence-corrected chi connectivity index (χ4v) is 4.12. The molecule has 0 bridgehead atoms. The van der Waals surface area contributed by atoms with Crippen molar-refractivity contribution in [1.29, 1.82) is 0 Å². The van der Waals surface area contributed by atoms with E-state index in [2.05, 4.69) is 27.7 Å². The first-order valence-corrected chi connectivity index (χ1v) is 6.65. The lowest BCUT2D eigenvalue weighted by Gasteiger charge is -2.37. The smallest absolute Gasteiger partial charge is 0.106 e. The molecule has 0 radical (unpaired) electrons. The summed E-state index contributed by atoms with van der Waals surface area (Å²) in [6.45, 7) is 9.21. The maximum absolute atomic E-state index is 11.5.